The van der Waals surface area contributed by atoms with E-state index in [1.54, 1.807) is 0 Å². The maximum absolute atomic E-state index is 15.2. The number of nitrogens with two attached hydrogens (primary N) is 1. The Morgan fingerprint density at radius 3 is 0.681 bits per heavy atom. The Morgan fingerprint density at radius 2 is 0.471 bits per heavy atom. The zero-order chi connectivity index (χ0) is 97.6. The Kier molecular flexibility index (Phi) is 34.4. The van der Waals surface area contributed by atoms with E-state index in [1.165, 1.54) is 140 Å². The van der Waals surface area contributed by atoms with Gasteiger partial charge in [-0.25, -0.2) is 49.8 Å². The fraction of sp³-hybridized carbons (Fsp3) is 0.434. The molecular formula is C83H105N37O18. The number of nitrogens with zero attached hydrogens (tertiary/aromatic N) is 13. The summed E-state index contributed by atoms with van der Waals surface area (Å²) in [6.07, 6.45) is 27.0. The van der Waals surface area contributed by atoms with Crippen LogP contribution < -0.4 is 74.9 Å². The summed E-state index contributed by atoms with van der Waals surface area (Å²) < 4.78 is 0. The van der Waals surface area contributed by atoms with Crippen LogP contribution >= 0.6 is 0 Å². The Bertz CT molecular complexity index is 5720. The Hall–Kier alpha value is -16.9. The molecule has 0 unspecified atom stereocenters. The largest absolute Gasteiger partial charge is 0.480 e. The number of imidazole rings is 10. The minimum Gasteiger partial charge on any atom is -0.480 e. The van der Waals surface area contributed by atoms with Crippen molar-refractivity contribution in [1.29, 1.82) is 0 Å². The topological polar surface area (TPSA) is 789 Å². The lowest BCUT2D eigenvalue weighted by Gasteiger charge is -2.30. The molecule has 3 aliphatic heterocycles. The van der Waals surface area contributed by atoms with Crippen LogP contribution in [0.1, 0.15) is 95.5 Å². The maximum atomic E-state index is 15.2. The molecule has 138 heavy (non-hydrogen) atoms. The van der Waals surface area contributed by atoms with E-state index in [0.29, 0.717) is 41.3 Å². The number of rotatable bonds is 50. The van der Waals surface area contributed by atoms with E-state index < -0.39 is 205 Å². The van der Waals surface area contributed by atoms with Gasteiger partial charge in [-0.2, -0.15) is 0 Å². The molecule has 3 saturated heterocycles. The lowest BCUT2D eigenvalue weighted by Crippen LogP contribution is -2.60. The summed E-state index contributed by atoms with van der Waals surface area (Å²) in [6, 6.07) is -18.2. The Balaban J connectivity index is 0.646. The third kappa shape index (κ3) is 27.9. The van der Waals surface area contributed by atoms with Crippen molar-refractivity contribution < 1.29 is 86.6 Å². The minimum absolute atomic E-state index is 0.0228. The van der Waals surface area contributed by atoms with Crippen molar-refractivity contribution >= 4 is 100 Å². The van der Waals surface area contributed by atoms with Gasteiger partial charge in [-0.1, -0.05) is 0 Å². The van der Waals surface area contributed by atoms with Crippen molar-refractivity contribution in [2.45, 2.75) is 181 Å². The summed E-state index contributed by atoms with van der Waals surface area (Å²) in [5.74, 6) is -14.7. The van der Waals surface area contributed by atoms with Crippen molar-refractivity contribution in [3.8, 4) is 0 Å². The highest BCUT2D eigenvalue weighted by atomic mass is 16.4. The van der Waals surface area contributed by atoms with Gasteiger partial charge in [0.1, 0.15) is 85.1 Å². The average molecular weight is 1910 g/mol. The quantitative estimate of drug-likeness (QED) is 0.0168. The first-order valence-corrected chi connectivity index (χ1v) is 44.2. The number of carbonyl (C=O) groups excluding carboxylic acids is 16. The molecule has 0 radical (unpaired) electrons. The predicted molar refractivity (Wildman–Crippen MR) is 472 cm³/mol. The van der Waals surface area contributed by atoms with Crippen molar-refractivity contribution in [3.05, 3.63) is 182 Å². The van der Waals surface area contributed by atoms with Gasteiger partial charge in [0.2, 0.25) is 94.5 Å². The first-order valence-electron chi connectivity index (χ1n) is 44.2. The van der Waals surface area contributed by atoms with E-state index in [4.69, 9.17) is 5.73 Å². The number of aromatic amines is 10. The number of hydrogen-bond donors (Lipinski definition) is 25. The molecule has 13 heterocycles. The van der Waals surface area contributed by atoms with Gasteiger partial charge in [0, 0.05) is 146 Å². The zero-order valence-corrected chi connectivity index (χ0v) is 74.1. The first kappa shape index (κ1) is 98.6. The standard InChI is InChI=1S/C83H105N37O18/c84-20-67(121)108-57(13-47-24-88-37-101-47)75(130)115-61(17-51-28-92-41-105-51)81(136)118-7-1-4-64(118)78(133)113-55(11-45-22-86-35-99-45)72(127)96-32-69(123)110-59(15-49-26-90-39-103-49)76(131)116-62(18-52-29-93-42-106-52)82(137)119-8-2-5-65(119)79(134)112-54(10-44-21-85-34-98-44)71(126)95-31-68(122)109-58(14-48-25-89-38-102-48)74(129)111-60(16-50-27-91-40-104-50)77(132)117-63(19-53-30-94-43-107-53)83(138)120-9-3-6-66(120)80(135)114-56(12-46-23-87-36-100-46)73(128)97-33-70(124)125/h21-30,34-43,54-66H,1-20,31-33,84H2,(H,85,98)(H,86,99)(H,87,100)(H,88,101)(H,89,102)(H,90,103)(H,91,104)(H,92,105)(H,93,106)(H,94,107)(H,95,126)(H,96,127)(H,97,128)(H,108,121)(H,109,122)(H,110,123)(H,111,129)(H,112,134)(H,113,133)(H,114,135)(H,115,130)(H,116,131)(H,117,132)(H,124,125)/t54-,55-,56-,57-,58-,59-,60-,61-,62-,63-,64-,65-,66-/m0/s1. The fourth-order valence-electron chi connectivity index (χ4n) is 16.2. The summed E-state index contributed by atoms with van der Waals surface area (Å²) in [5, 5.41) is 43.4. The zero-order valence-electron chi connectivity index (χ0n) is 74.1. The summed E-state index contributed by atoms with van der Waals surface area (Å²) >= 11 is 0. The van der Waals surface area contributed by atoms with E-state index in [0.717, 1.165) is 0 Å². The normalized spacial score (nSPS) is 16.7. The molecule has 0 aliphatic carbocycles. The third-order valence-electron chi connectivity index (χ3n) is 23.0. The molecule has 3 fully saturated rings. The highest BCUT2D eigenvalue weighted by Crippen LogP contribution is 2.25. The van der Waals surface area contributed by atoms with Gasteiger partial charge in [0.15, 0.2) is 0 Å². The van der Waals surface area contributed by atoms with Crippen LogP contribution in [0, 0.1) is 0 Å². The number of hydrogen-bond acceptors (Lipinski definition) is 28. The van der Waals surface area contributed by atoms with Crippen LogP contribution in [0.15, 0.2) is 125 Å². The van der Waals surface area contributed by atoms with Crippen molar-refractivity contribution in [2.24, 2.45) is 5.73 Å². The number of carbonyl (C=O) groups is 17. The van der Waals surface area contributed by atoms with Gasteiger partial charge in [-0.15, -0.1) is 0 Å². The maximum Gasteiger partial charge on any atom is 0.322 e. The monoisotopic (exact) mass is 1910 g/mol. The highest BCUT2D eigenvalue weighted by Gasteiger charge is 2.45. The van der Waals surface area contributed by atoms with Crippen molar-refractivity contribution in [2.75, 3.05) is 45.8 Å². The molecule has 13 atom stereocenters. The SMILES string of the molecule is NCC(=O)N[C@@H](Cc1c[nH]cn1)C(=O)N[C@@H](Cc1c[nH]cn1)C(=O)N1CCC[C@H]1C(=O)N[C@@H](Cc1c[nH]cn1)C(=O)NCC(=O)N[C@@H](Cc1c[nH]cn1)C(=O)N[C@@H](Cc1c[nH]cn1)C(=O)N1CCC[C@H]1C(=O)N[C@@H](Cc1c[nH]cn1)C(=O)NCC(=O)N[C@@H](Cc1c[nH]cn1)C(=O)N[C@@H](Cc1c[nH]cn1)C(=O)N[C@@H](Cc1c[nH]cn1)C(=O)N1CCC[C@H]1C(=O)N[C@@H](Cc1c[nH]cn1)C(=O)NCC(=O)O. The van der Waals surface area contributed by atoms with Gasteiger partial charge in [0.25, 0.3) is 0 Å². The second kappa shape index (κ2) is 48.1. The van der Waals surface area contributed by atoms with E-state index in [1.807, 2.05) is 0 Å². The molecule has 10 aromatic heterocycles. The number of amides is 16. The van der Waals surface area contributed by atoms with Gasteiger partial charge < -0.3 is 144 Å². The number of nitrogens with one attached hydrogen (secondary N) is 23. The molecule has 0 saturated carbocycles. The van der Waals surface area contributed by atoms with E-state index in [2.05, 4.69) is 169 Å². The van der Waals surface area contributed by atoms with Crippen LogP contribution in [0.25, 0.3) is 0 Å². The molecule has 0 bridgehead atoms. The summed E-state index contributed by atoms with van der Waals surface area (Å²) in [6.45, 7) is -2.80. The van der Waals surface area contributed by atoms with Crippen LogP contribution in [-0.2, 0) is 146 Å². The number of likely N-dealkylation sites (tertiary alicyclic amines) is 3. The number of aromatic nitrogens is 20. The molecule has 16 amide bonds. The van der Waals surface area contributed by atoms with Crippen LogP contribution in [-0.4, -0.2) is 344 Å². The summed E-state index contributed by atoms with van der Waals surface area (Å²) in [4.78, 5) is 316. The van der Waals surface area contributed by atoms with E-state index >= 15 is 4.79 Å². The lowest BCUT2D eigenvalue weighted by molar-refractivity contribution is -0.142. The molecule has 3 aliphatic rings. The van der Waals surface area contributed by atoms with Crippen LogP contribution in [0.3, 0.4) is 0 Å². The molecule has 55 heteroatoms. The molecule has 0 aromatic carbocycles. The predicted octanol–water partition coefficient (Wildman–Crippen LogP) is -9.14. The molecule has 13 rings (SSSR count). The van der Waals surface area contributed by atoms with Crippen molar-refractivity contribution in [1.82, 2.24) is 183 Å². The van der Waals surface area contributed by atoms with E-state index in [-0.39, 0.29) is 138 Å². The average Bonchev–Trinajstić information content (AvgIpc) is 1.67. The highest BCUT2D eigenvalue weighted by molar-refractivity contribution is 6.01. The summed E-state index contributed by atoms with van der Waals surface area (Å²) in [5.41, 5.74) is 8.67. The van der Waals surface area contributed by atoms with Crippen LogP contribution in [0.4, 0.5) is 0 Å². The molecule has 730 valence electrons. The number of carboxylic acid groups (broad SMARTS) is 1. The third-order valence-corrected chi connectivity index (χ3v) is 23.0. The lowest BCUT2D eigenvalue weighted by atomic mass is 10.0. The summed E-state index contributed by atoms with van der Waals surface area (Å²) in [7, 11) is 0. The first-order chi connectivity index (χ1) is 66.7. The fourth-order valence-corrected chi connectivity index (χ4v) is 16.2. The molecule has 0 spiro atoms. The Morgan fingerprint density at radius 1 is 0.275 bits per heavy atom. The van der Waals surface area contributed by atoms with Gasteiger partial charge in [0.05, 0.1) is 140 Å². The van der Waals surface area contributed by atoms with Gasteiger partial charge >= 0.3 is 5.97 Å². The van der Waals surface area contributed by atoms with Crippen LogP contribution in [0.5, 0.6) is 0 Å². The molecule has 10 aromatic rings. The van der Waals surface area contributed by atoms with E-state index in [9.17, 15) is 81.8 Å². The smallest absolute Gasteiger partial charge is 0.322 e. The van der Waals surface area contributed by atoms with Gasteiger partial charge in [-0.05, 0) is 38.5 Å². The second-order valence-corrected chi connectivity index (χ2v) is 32.8. The van der Waals surface area contributed by atoms with Gasteiger partial charge in [-0.3, -0.25) is 81.5 Å². The van der Waals surface area contributed by atoms with Crippen LogP contribution in [0.2, 0.25) is 0 Å². The van der Waals surface area contributed by atoms with Crippen molar-refractivity contribution in [3.63, 3.8) is 0 Å². The minimum atomic E-state index is -1.56. The Labute approximate surface area is 782 Å². The molecule has 55 nitrogen and oxygen atoms in total. The number of H-pyrrole nitrogens is 10. The number of aliphatic carboxylic acids is 1. The second-order valence-electron chi connectivity index (χ2n) is 32.8. The molecular weight excluding hydrogens is 1800 g/mol. The molecule has 26 N–H and O–H groups in total. The number of carboxylic acids is 1.